The van der Waals surface area contributed by atoms with Crippen molar-refractivity contribution >= 4 is 75.0 Å². The van der Waals surface area contributed by atoms with Gasteiger partial charge < -0.3 is 4.57 Å². The number of thiophene rings is 1. The van der Waals surface area contributed by atoms with E-state index < -0.39 is 0 Å². The Morgan fingerprint density at radius 1 is 0.413 bits per heavy atom. The second-order valence-electron chi connectivity index (χ2n) is 11.9. The zero-order chi connectivity index (χ0) is 30.2. The van der Waals surface area contributed by atoms with E-state index >= 15 is 0 Å². The van der Waals surface area contributed by atoms with E-state index in [0.29, 0.717) is 0 Å². The lowest BCUT2D eigenvalue weighted by molar-refractivity contribution is 1.18. The monoisotopic (exact) mass is 602 g/mol. The smallest absolute Gasteiger partial charge is 0.0788 e. The summed E-state index contributed by atoms with van der Waals surface area (Å²) in [6.45, 7) is 0. The predicted octanol–water partition coefficient (Wildman–Crippen LogP) is 12.2. The molecule has 0 aliphatic carbocycles. The van der Waals surface area contributed by atoms with Gasteiger partial charge in [-0.15, -0.1) is 11.3 Å². The summed E-state index contributed by atoms with van der Waals surface area (Å²) in [5.41, 5.74) is 9.31. The van der Waals surface area contributed by atoms with Crippen LogP contribution in [0.1, 0.15) is 0 Å². The van der Waals surface area contributed by atoms with E-state index in [0.717, 1.165) is 16.8 Å². The normalized spacial score (nSPS) is 11.9. The maximum atomic E-state index is 5.19. The molecule has 0 bridgehead atoms. The molecular weight excluding hydrogens is 577 g/mol. The average molecular weight is 603 g/mol. The zero-order valence-corrected chi connectivity index (χ0v) is 25.6. The molecule has 3 aromatic heterocycles. The first-order chi connectivity index (χ1) is 22.8. The molecule has 0 N–H and O–H groups in total. The second kappa shape index (κ2) is 9.87. The van der Waals surface area contributed by atoms with Gasteiger partial charge in [0.25, 0.3) is 0 Å². The molecule has 10 aromatic rings. The fourth-order valence-corrected chi connectivity index (χ4v) is 8.79. The van der Waals surface area contributed by atoms with Crippen molar-refractivity contribution in [2.24, 2.45) is 0 Å². The Morgan fingerprint density at radius 2 is 1.00 bits per heavy atom. The minimum atomic E-state index is 1.02. The highest BCUT2D eigenvalue weighted by molar-refractivity contribution is 7.27. The number of rotatable bonds is 3. The molecule has 0 amide bonds. The topological polar surface area (TPSA) is 17.8 Å². The minimum Gasteiger partial charge on any atom is -0.309 e. The van der Waals surface area contributed by atoms with Gasteiger partial charge in [0.15, 0.2) is 0 Å². The van der Waals surface area contributed by atoms with Crippen LogP contribution in [0.4, 0.5) is 0 Å². The molecule has 7 aromatic carbocycles. The Bertz CT molecular complexity index is 2750. The summed E-state index contributed by atoms with van der Waals surface area (Å²) >= 11 is 1.91. The van der Waals surface area contributed by atoms with E-state index in [-0.39, 0.29) is 0 Å². The summed E-state index contributed by atoms with van der Waals surface area (Å²) in [4.78, 5) is 5.19. The van der Waals surface area contributed by atoms with Crippen molar-refractivity contribution in [2.45, 2.75) is 0 Å². The maximum Gasteiger partial charge on any atom is 0.0788 e. The van der Waals surface area contributed by atoms with Gasteiger partial charge in [-0.25, -0.2) is 4.98 Å². The quantitative estimate of drug-likeness (QED) is 0.184. The number of hydrogen-bond acceptors (Lipinski definition) is 2. The van der Waals surface area contributed by atoms with E-state index in [1.165, 1.54) is 75.0 Å². The zero-order valence-electron chi connectivity index (χ0n) is 24.8. The van der Waals surface area contributed by atoms with Gasteiger partial charge in [-0.05, 0) is 24.3 Å². The lowest BCUT2D eigenvalue weighted by atomic mass is 9.97. The van der Waals surface area contributed by atoms with E-state index in [9.17, 15) is 0 Å². The second-order valence-corrected chi connectivity index (χ2v) is 12.9. The van der Waals surface area contributed by atoms with Crippen molar-refractivity contribution in [1.29, 1.82) is 0 Å². The molecule has 46 heavy (non-hydrogen) atoms. The number of fused-ring (bicyclic) bond motifs is 10. The van der Waals surface area contributed by atoms with Crippen molar-refractivity contribution < 1.29 is 0 Å². The summed E-state index contributed by atoms with van der Waals surface area (Å²) in [6.07, 6.45) is 0. The van der Waals surface area contributed by atoms with Crippen molar-refractivity contribution in [2.75, 3.05) is 0 Å². The number of pyridine rings is 1. The first kappa shape index (κ1) is 25.5. The molecule has 0 radical (unpaired) electrons. The predicted molar refractivity (Wildman–Crippen MR) is 197 cm³/mol. The van der Waals surface area contributed by atoms with E-state index in [1.54, 1.807) is 0 Å². The van der Waals surface area contributed by atoms with Crippen LogP contribution in [0, 0.1) is 0 Å². The van der Waals surface area contributed by atoms with Crippen LogP contribution in [0.2, 0.25) is 0 Å². The molecule has 0 aliphatic rings. The van der Waals surface area contributed by atoms with E-state index in [2.05, 4.69) is 162 Å². The third-order valence-corrected chi connectivity index (χ3v) is 10.7. The van der Waals surface area contributed by atoms with Gasteiger partial charge in [-0.3, -0.25) is 0 Å². The fourth-order valence-electron chi connectivity index (χ4n) is 7.40. The molecular formula is C43H26N2S. The summed E-state index contributed by atoms with van der Waals surface area (Å²) in [6, 6.07) is 56.9. The first-order valence-corrected chi connectivity index (χ1v) is 16.5. The van der Waals surface area contributed by atoms with Gasteiger partial charge in [0.05, 0.1) is 27.9 Å². The Kier molecular flexibility index (Phi) is 5.48. The number of nitrogens with zero attached hydrogens (tertiary/aromatic N) is 2. The van der Waals surface area contributed by atoms with Crippen LogP contribution in [0.5, 0.6) is 0 Å². The highest BCUT2D eigenvalue weighted by Crippen LogP contribution is 2.47. The molecule has 0 spiro atoms. The molecule has 0 aliphatic heterocycles. The van der Waals surface area contributed by atoms with Gasteiger partial charge in [0, 0.05) is 63.8 Å². The van der Waals surface area contributed by atoms with Crippen molar-refractivity contribution in [3.63, 3.8) is 0 Å². The summed E-state index contributed by atoms with van der Waals surface area (Å²) < 4.78 is 5.05. The molecule has 0 unspecified atom stereocenters. The minimum absolute atomic E-state index is 1.02. The Labute approximate surface area is 269 Å². The van der Waals surface area contributed by atoms with Gasteiger partial charge in [-0.2, -0.15) is 0 Å². The Morgan fingerprint density at radius 3 is 1.80 bits per heavy atom. The van der Waals surface area contributed by atoms with Crippen LogP contribution >= 0.6 is 11.3 Å². The third-order valence-electron chi connectivity index (χ3n) is 9.39. The largest absolute Gasteiger partial charge is 0.309 e. The molecule has 0 saturated carbocycles. The molecule has 10 rings (SSSR count). The van der Waals surface area contributed by atoms with Gasteiger partial charge in [-0.1, -0.05) is 133 Å². The number of aromatic nitrogens is 2. The highest BCUT2D eigenvalue weighted by atomic mass is 32.1. The van der Waals surface area contributed by atoms with E-state index in [4.69, 9.17) is 4.98 Å². The lowest BCUT2D eigenvalue weighted by Gasteiger charge is -2.14. The van der Waals surface area contributed by atoms with Gasteiger partial charge in [0.1, 0.15) is 0 Å². The summed E-state index contributed by atoms with van der Waals surface area (Å²) in [7, 11) is 0. The maximum absolute atomic E-state index is 5.19. The Hall–Kier alpha value is -5.77. The van der Waals surface area contributed by atoms with Gasteiger partial charge in [0.2, 0.25) is 0 Å². The van der Waals surface area contributed by atoms with Crippen LogP contribution < -0.4 is 0 Å². The van der Waals surface area contributed by atoms with Gasteiger partial charge >= 0.3 is 0 Å². The molecule has 2 nitrogen and oxygen atoms in total. The van der Waals surface area contributed by atoms with Crippen LogP contribution in [0.3, 0.4) is 0 Å². The third kappa shape index (κ3) is 3.61. The average Bonchev–Trinajstić information content (AvgIpc) is 3.68. The molecule has 3 heterocycles. The molecule has 3 heteroatoms. The fraction of sp³-hybridized carbons (Fsp3) is 0. The summed E-state index contributed by atoms with van der Waals surface area (Å²) in [5.74, 6) is 0. The molecule has 0 atom stereocenters. The van der Waals surface area contributed by atoms with Crippen molar-refractivity contribution in [3.05, 3.63) is 158 Å². The SMILES string of the molecule is c1ccc(-c2nc3ccccc3c3c2ccc2c4cccc(-c5ccccc5-n5c6ccccc6c6ccccc65)c4sc23)cc1. The van der Waals surface area contributed by atoms with Crippen LogP contribution in [-0.2, 0) is 0 Å². The highest BCUT2D eigenvalue weighted by Gasteiger charge is 2.20. The number of hydrogen-bond donors (Lipinski definition) is 0. The number of benzene rings is 7. The van der Waals surface area contributed by atoms with Crippen molar-refractivity contribution in [3.8, 4) is 28.1 Å². The van der Waals surface area contributed by atoms with Crippen LogP contribution in [-0.4, -0.2) is 9.55 Å². The van der Waals surface area contributed by atoms with E-state index in [1.807, 2.05) is 11.3 Å². The first-order valence-electron chi connectivity index (χ1n) is 15.7. The molecule has 0 fully saturated rings. The molecule has 0 saturated heterocycles. The number of para-hydroxylation sites is 4. The Balaban J connectivity index is 1.30. The molecule has 214 valence electrons. The summed E-state index contributed by atoms with van der Waals surface area (Å²) in [5, 5.41) is 8.79. The van der Waals surface area contributed by atoms with Crippen LogP contribution in [0.25, 0.3) is 91.7 Å². The lowest BCUT2D eigenvalue weighted by Crippen LogP contribution is -1.97. The van der Waals surface area contributed by atoms with Crippen LogP contribution in [0.15, 0.2) is 158 Å². The standard InChI is InChI=1S/C43H26N2S/c1-2-13-27(14-3-1)41-35-26-25-33-32-20-12-19-31(42(32)46-43(33)40(35)34-18-4-8-21-36(34)44-41)30-17-7-11-24-39(30)45-37-22-9-5-15-28(37)29-16-6-10-23-38(29)45/h1-26H. The van der Waals surface area contributed by atoms with Crippen molar-refractivity contribution in [1.82, 2.24) is 9.55 Å².